The standard InChI is InChI=1S/C13H20N2O2/c1-9(2)17-12-6-4-5-11(7-12)13(16)15-8-10(3)14/h4-7,9-10H,8,14H2,1-3H3,(H,15,16). The molecule has 0 radical (unpaired) electrons. The lowest BCUT2D eigenvalue weighted by molar-refractivity contribution is 0.0951. The zero-order valence-electron chi connectivity index (χ0n) is 10.6. The van der Waals surface area contributed by atoms with Gasteiger partial charge in [-0.25, -0.2) is 0 Å². The van der Waals surface area contributed by atoms with Gasteiger partial charge < -0.3 is 15.8 Å². The smallest absolute Gasteiger partial charge is 0.251 e. The number of hydrogen-bond acceptors (Lipinski definition) is 3. The van der Waals surface area contributed by atoms with Crippen LogP contribution in [0.15, 0.2) is 24.3 Å². The quantitative estimate of drug-likeness (QED) is 0.815. The SMILES string of the molecule is CC(N)CNC(=O)c1cccc(OC(C)C)c1. The molecule has 3 N–H and O–H groups in total. The zero-order chi connectivity index (χ0) is 12.8. The molecular weight excluding hydrogens is 216 g/mol. The lowest BCUT2D eigenvalue weighted by atomic mass is 10.2. The van der Waals surface area contributed by atoms with Crippen molar-refractivity contribution in [1.82, 2.24) is 5.32 Å². The summed E-state index contributed by atoms with van der Waals surface area (Å²) in [6.45, 7) is 6.21. The van der Waals surface area contributed by atoms with Gasteiger partial charge in [0.15, 0.2) is 0 Å². The minimum atomic E-state index is -0.128. The molecule has 1 amide bonds. The Hall–Kier alpha value is -1.55. The number of nitrogens with two attached hydrogens (primary N) is 1. The Bertz CT molecular complexity index is 375. The van der Waals surface area contributed by atoms with Gasteiger partial charge in [0.05, 0.1) is 6.10 Å². The van der Waals surface area contributed by atoms with Crippen molar-refractivity contribution in [3.63, 3.8) is 0 Å². The van der Waals surface area contributed by atoms with Crippen molar-refractivity contribution in [2.75, 3.05) is 6.54 Å². The molecule has 0 aliphatic carbocycles. The summed E-state index contributed by atoms with van der Waals surface area (Å²) >= 11 is 0. The highest BCUT2D eigenvalue weighted by atomic mass is 16.5. The molecule has 0 saturated heterocycles. The van der Waals surface area contributed by atoms with Crippen LogP contribution in [0.2, 0.25) is 0 Å². The van der Waals surface area contributed by atoms with Gasteiger partial charge in [0.2, 0.25) is 0 Å². The molecule has 1 aromatic carbocycles. The molecule has 0 aliphatic rings. The summed E-state index contributed by atoms with van der Waals surface area (Å²) < 4.78 is 5.53. The summed E-state index contributed by atoms with van der Waals surface area (Å²) in [5, 5.41) is 2.76. The number of amides is 1. The third-order valence-electron chi connectivity index (χ3n) is 2.05. The minimum absolute atomic E-state index is 0.0472. The summed E-state index contributed by atoms with van der Waals surface area (Å²) in [4.78, 5) is 11.8. The van der Waals surface area contributed by atoms with Gasteiger partial charge in [-0.1, -0.05) is 6.07 Å². The first-order valence-electron chi connectivity index (χ1n) is 5.79. The van der Waals surface area contributed by atoms with Crippen LogP contribution in [-0.2, 0) is 0 Å². The molecule has 4 nitrogen and oxygen atoms in total. The van der Waals surface area contributed by atoms with Gasteiger partial charge in [0.1, 0.15) is 5.75 Å². The van der Waals surface area contributed by atoms with Crippen LogP contribution in [-0.4, -0.2) is 24.6 Å². The molecule has 94 valence electrons. The van der Waals surface area contributed by atoms with Crippen molar-refractivity contribution in [2.45, 2.75) is 32.9 Å². The first kappa shape index (κ1) is 13.5. The van der Waals surface area contributed by atoms with Crippen molar-refractivity contribution in [3.05, 3.63) is 29.8 Å². The summed E-state index contributed by atoms with van der Waals surface area (Å²) in [6.07, 6.45) is 0.0948. The number of hydrogen-bond donors (Lipinski definition) is 2. The molecule has 0 spiro atoms. The number of nitrogens with one attached hydrogen (secondary N) is 1. The van der Waals surface area contributed by atoms with Crippen LogP contribution in [0.5, 0.6) is 5.75 Å². The Morgan fingerprint density at radius 2 is 2.12 bits per heavy atom. The molecule has 0 aromatic heterocycles. The molecule has 0 fully saturated rings. The van der Waals surface area contributed by atoms with E-state index in [0.29, 0.717) is 17.9 Å². The number of ether oxygens (including phenoxy) is 1. The molecule has 0 aliphatic heterocycles. The van der Waals surface area contributed by atoms with E-state index in [-0.39, 0.29) is 18.1 Å². The van der Waals surface area contributed by atoms with E-state index < -0.39 is 0 Å². The first-order valence-corrected chi connectivity index (χ1v) is 5.79. The number of benzene rings is 1. The lowest BCUT2D eigenvalue weighted by Crippen LogP contribution is -2.35. The van der Waals surface area contributed by atoms with Crippen LogP contribution < -0.4 is 15.8 Å². The molecule has 0 heterocycles. The minimum Gasteiger partial charge on any atom is -0.491 e. The average molecular weight is 236 g/mol. The van der Waals surface area contributed by atoms with E-state index in [0.717, 1.165) is 0 Å². The first-order chi connectivity index (χ1) is 7.99. The molecular formula is C13H20N2O2. The molecule has 1 aromatic rings. The van der Waals surface area contributed by atoms with E-state index >= 15 is 0 Å². The highest BCUT2D eigenvalue weighted by molar-refractivity contribution is 5.94. The van der Waals surface area contributed by atoms with E-state index in [4.69, 9.17) is 10.5 Å². The second kappa shape index (κ2) is 6.25. The molecule has 0 saturated carbocycles. The largest absolute Gasteiger partial charge is 0.491 e. The van der Waals surface area contributed by atoms with Gasteiger partial charge >= 0.3 is 0 Å². The van der Waals surface area contributed by atoms with E-state index in [1.165, 1.54) is 0 Å². The normalized spacial score (nSPS) is 12.3. The van der Waals surface area contributed by atoms with Crippen LogP contribution in [0.25, 0.3) is 0 Å². The highest BCUT2D eigenvalue weighted by Crippen LogP contribution is 2.14. The maximum Gasteiger partial charge on any atom is 0.251 e. The van der Waals surface area contributed by atoms with Crippen molar-refractivity contribution in [3.8, 4) is 5.75 Å². The van der Waals surface area contributed by atoms with Gasteiger partial charge in [0, 0.05) is 18.2 Å². The van der Waals surface area contributed by atoms with Crippen molar-refractivity contribution in [2.24, 2.45) is 5.73 Å². The fraction of sp³-hybridized carbons (Fsp3) is 0.462. The summed E-state index contributed by atoms with van der Waals surface area (Å²) in [6, 6.07) is 7.08. The summed E-state index contributed by atoms with van der Waals surface area (Å²) in [5.41, 5.74) is 6.16. The molecule has 1 unspecified atom stereocenters. The Labute approximate surface area is 102 Å². The van der Waals surface area contributed by atoms with Gasteiger partial charge in [0.25, 0.3) is 5.91 Å². The second-order valence-electron chi connectivity index (χ2n) is 4.38. The fourth-order valence-electron chi connectivity index (χ4n) is 1.34. The molecule has 1 atom stereocenters. The van der Waals surface area contributed by atoms with Crippen LogP contribution in [0.3, 0.4) is 0 Å². The molecule has 1 rings (SSSR count). The topological polar surface area (TPSA) is 64.3 Å². The van der Waals surface area contributed by atoms with Gasteiger partial charge in [-0.05, 0) is 39.0 Å². The maximum absolute atomic E-state index is 11.8. The van der Waals surface area contributed by atoms with Gasteiger partial charge in [-0.15, -0.1) is 0 Å². The highest BCUT2D eigenvalue weighted by Gasteiger charge is 2.07. The average Bonchev–Trinajstić information content (AvgIpc) is 2.25. The number of carbonyl (C=O) groups is 1. The Kier molecular flexibility index (Phi) is 4.97. The van der Waals surface area contributed by atoms with E-state index in [9.17, 15) is 4.79 Å². The van der Waals surface area contributed by atoms with Crippen LogP contribution >= 0.6 is 0 Å². The van der Waals surface area contributed by atoms with Crippen LogP contribution in [0.4, 0.5) is 0 Å². The monoisotopic (exact) mass is 236 g/mol. The van der Waals surface area contributed by atoms with Crippen LogP contribution in [0.1, 0.15) is 31.1 Å². The van der Waals surface area contributed by atoms with E-state index in [1.807, 2.05) is 26.8 Å². The second-order valence-corrected chi connectivity index (χ2v) is 4.38. The van der Waals surface area contributed by atoms with Gasteiger partial charge in [-0.2, -0.15) is 0 Å². The Morgan fingerprint density at radius 1 is 1.41 bits per heavy atom. The van der Waals surface area contributed by atoms with Crippen molar-refractivity contribution in [1.29, 1.82) is 0 Å². The predicted molar refractivity (Wildman–Crippen MR) is 68.2 cm³/mol. The molecule has 17 heavy (non-hydrogen) atoms. The van der Waals surface area contributed by atoms with E-state index in [2.05, 4.69) is 5.32 Å². The Morgan fingerprint density at radius 3 is 2.71 bits per heavy atom. The number of carbonyl (C=O) groups excluding carboxylic acids is 1. The number of rotatable bonds is 5. The molecule has 4 heteroatoms. The fourth-order valence-corrected chi connectivity index (χ4v) is 1.34. The predicted octanol–water partition coefficient (Wildman–Crippen LogP) is 1.55. The third kappa shape index (κ3) is 4.87. The molecule has 0 bridgehead atoms. The lowest BCUT2D eigenvalue weighted by Gasteiger charge is -2.11. The zero-order valence-corrected chi connectivity index (χ0v) is 10.6. The Balaban J connectivity index is 2.67. The van der Waals surface area contributed by atoms with Crippen LogP contribution in [0, 0.1) is 0 Å². The summed E-state index contributed by atoms with van der Waals surface area (Å²) in [7, 11) is 0. The maximum atomic E-state index is 11.8. The summed E-state index contributed by atoms with van der Waals surface area (Å²) in [5.74, 6) is 0.574. The van der Waals surface area contributed by atoms with Gasteiger partial charge in [-0.3, -0.25) is 4.79 Å². The van der Waals surface area contributed by atoms with E-state index in [1.54, 1.807) is 18.2 Å². The third-order valence-corrected chi connectivity index (χ3v) is 2.05. The van der Waals surface area contributed by atoms with Crippen molar-refractivity contribution < 1.29 is 9.53 Å². The van der Waals surface area contributed by atoms with Crippen molar-refractivity contribution >= 4 is 5.91 Å².